The quantitative estimate of drug-likeness (QED) is 0.435. The number of halogens is 3. The Kier molecular flexibility index (Phi) is 4.23. The van der Waals surface area contributed by atoms with Crippen LogP contribution in [0, 0.1) is 41.6 Å². The third kappa shape index (κ3) is 2.85. The van der Waals surface area contributed by atoms with Gasteiger partial charge in [-0.2, -0.15) is 4.98 Å². The van der Waals surface area contributed by atoms with E-state index < -0.39 is 17.5 Å². The van der Waals surface area contributed by atoms with E-state index in [4.69, 9.17) is 0 Å². The number of aryl methyl sites for hydroxylation is 1. The van der Waals surface area contributed by atoms with Crippen LogP contribution in [-0.2, 0) is 0 Å². The summed E-state index contributed by atoms with van der Waals surface area (Å²) in [5, 5.41) is 8.08. The summed E-state index contributed by atoms with van der Waals surface area (Å²) in [5.74, 6) is -1.56. The van der Waals surface area contributed by atoms with Gasteiger partial charge in [0.15, 0.2) is 23.1 Å². The number of nitrogens with zero attached hydrogens (tertiary/aromatic N) is 6. The van der Waals surface area contributed by atoms with Gasteiger partial charge in [0.25, 0.3) is 0 Å². The molecule has 2 aliphatic carbocycles. The van der Waals surface area contributed by atoms with Crippen molar-refractivity contribution in [2.75, 3.05) is 23.3 Å². The van der Waals surface area contributed by atoms with Crippen molar-refractivity contribution in [3.8, 4) is 11.1 Å². The Bertz CT molecular complexity index is 1490. The Morgan fingerprint density at radius 1 is 1.09 bits per heavy atom. The fourth-order valence-electron chi connectivity index (χ4n) is 6.51. The molecule has 7 nitrogen and oxygen atoms in total. The smallest absolute Gasteiger partial charge is 0.243 e. The molecule has 0 amide bonds. The number of benzene rings is 1. The zero-order valence-corrected chi connectivity index (χ0v) is 18.9. The molecule has 1 spiro atoms. The van der Waals surface area contributed by atoms with Gasteiger partial charge in [-0.05, 0) is 55.4 Å². The van der Waals surface area contributed by atoms with Crippen molar-refractivity contribution >= 4 is 17.4 Å². The molecule has 4 atom stereocenters. The maximum absolute atomic E-state index is 14.5. The molecule has 1 saturated heterocycles. The number of aromatic nitrogens is 5. The van der Waals surface area contributed by atoms with Crippen LogP contribution in [0.15, 0.2) is 42.9 Å². The van der Waals surface area contributed by atoms with Gasteiger partial charge in [-0.1, -0.05) is 0 Å². The van der Waals surface area contributed by atoms with Gasteiger partial charge in [0.1, 0.15) is 12.1 Å². The van der Waals surface area contributed by atoms with E-state index in [1.807, 2.05) is 13.0 Å². The lowest BCUT2D eigenvalue weighted by atomic mass is 9.41. The minimum absolute atomic E-state index is 0. The highest BCUT2D eigenvalue weighted by molar-refractivity contribution is 5.78. The number of hydrogen-bond donors (Lipinski definition) is 1. The Hall–Kier alpha value is -3.69. The first-order valence-electron chi connectivity index (χ1n) is 11.7. The van der Waals surface area contributed by atoms with Crippen LogP contribution in [-0.4, -0.2) is 43.7 Å². The lowest BCUT2D eigenvalue weighted by Crippen LogP contribution is -2.68. The minimum Gasteiger partial charge on any atom is -0.356 e. The summed E-state index contributed by atoms with van der Waals surface area (Å²) in [6.45, 7) is 3.87. The molecule has 180 valence electrons. The van der Waals surface area contributed by atoms with Crippen molar-refractivity contribution in [2.24, 2.45) is 17.3 Å². The second-order valence-corrected chi connectivity index (χ2v) is 9.90. The van der Waals surface area contributed by atoms with E-state index >= 15 is 0 Å². The van der Waals surface area contributed by atoms with Crippen LogP contribution in [0.1, 0.15) is 20.0 Å². The molecule has 2 saturated carbocycles. The van der Waals surface area contributed by atoms with Gasteiger partial charge in [-0.15, -0.1) is 5.10 Å². The highest BCUT2D eigenvalue weighted by atomic mass is 19.2. The second kappa shape index (κ2) is 7.16. The van der Waals surface area contributed by atoms with Crippen molar-refractivity contribution in [2.45, 2.75) is 25.8 Å². The van der Waals surface area contributed by atoms with Crippen LogP contribution >= 0.6 is 0 Å². The average molecular weight is 480 g/mol. The highest BCUT2D eigenvalue weighted by Gasteiger charge is 2.70. The molecule has 3 fully saturated rings. The third-order valence-corrected chi connectivity index (χ3v) is 8.26. The van der Waals surface area contributed by atoms with E-state index in [0.29, 0.717) is 34.4 Å². The van der Waals surface area contributed by atoms with Crippen LogP contribution in [0.4, 0.5) is 24.9 Å². The molecule has 0 bridgehead atoms. The summed E-state index contributed by atoms with van der Waals surface area (Å²) in [7, 11) is 0. The zero-order valence-electron chi connectivity index (χ0n) is 18.9. The Morgan fingerprint density at radius 3 is 2.77 bits per heavy atom. The summed E-state index contributed by atoms with van der Waals surface area (Å²) in [4.78, 5) is 15.7. The SMILES string of the molecule is Cc1cc(N2CC3C(Nc4nc5c(-c6ccc(F)c(F)c6F)cccn5n4)C4CCC43C2)ncn1.[HH]. The summed E-state index contributed by atoms with van der Waals surface area (Å²) in [6, 6.07) is 7.71. The number of rotatable bonds is 4. The van der Waals surface area contributed by atoms with Crippen LogP contribution in [0.25, 0.3) is 16.8 Å². The summed E-state index contributed by atoms with van der Waals surface area (Å²) in [6.07, 6.45) is 5.69. The van der Waals surface area contributed by atoms with Crippen molar-refractivity contribution in [3.05, 3.63) is 66.0 Å². The highest BCUT2D eigenvalue weighted by Crippen LogP contribution is 2.68. The van der Waals surface area contributed by atoms with E-state index in [1.165, 1.54) is 17.0 Å². The monoisotopic (exact) mass is 479 g/mol. The van der Waals surface area contributed by atoms with Gasteiger partial charge in [-0.25, -0.2) is 27.7 Å². The van der Waals surface area contributed by atoms with Crippen molar-refractivity contribution < 1.29 is 14.6 Å². The second-order valence-electron chi connectivity index (χ2n) is 9.90. The van der Waals surface area contributed by atoms with Crippen molar-refractivity contribution in [1.82, 2.24) is 24.6 Å². The van der Waals surface area contributed by atoms with Crippen LogP contribution in [0.3, 0.4) is 0 Å². The van der Waals surface area contributed by atoms with E-state index in [0.717, 1.165) is 37.1 Å². The fourth-order valence-corrected chi connectivity index (χ4v) is 6.51. The molecular weight excluding hydrogens is 455 g/mol. The van der Waals surface area contributed by atoms with Gasteiger partial charge in [0, 0.05) is 55.6 Å². The summed E-state index contributed by atoms with van der Waals surface area (Å²) < 4.78 is 43.4. The van der Waals surface area contributed by atoms with Gasteiger partial charge >= 0.3 is 0 Å². The number of anilines is 2. The number of nitrogens with one attached hydrogen (secondary N) is 1. The molecule has 1 aliphatic heterocycles. The number of pyridine rings is 1. The van der Waals surface area contributed by atoms with Crippen LogP contribution < -0.4 is 10.2 Å². The molecule has 4 unspecified atom stereocenters. The molecule has 3 aromatic heterocycles. The normalized spacial score (nSPS) is 26.7. The predicted octanol–water partition coefficient (Wildman–Crippen LogP) is 4.48. The molecule has 1 aromatic carbocycles. The van der Waals surface area contributed by atoms with Crippen LogP contribution in [0.5, 0.6) is 0 Å². The Labute approximate surface area is 200 Å². The van der Waals surface area contributed by atoms with Gasteiger partial charge in [-0.3, -0.25) is 0 Å². The Balaban J connectivity index is 0.00000240. The standard InChI is InChI=1S/C25H22F3N7.H2/c1-13-9-19(30-12-29-13)34-10-17-22(16-6-7-25(16,17)11-34)31-24-32-23-15(3-2-8-35(23)33-24)14-4-5-18(26)21(28)20(14)27;/h2-5,8-9,12,16-17,22H,6-7,10-11H2,1H3,(H,31,33);1H. The largest absolute Gasteiger partial charge is 0.356 e. The molecule has 0 radical (unpaired) electrons. The fraction of sp³-hybridized carbons (Fsp3) is 0.360. The Morgan fingerprint density at radius 2 is 1.97 bits per heavy atom. The minimum atomic E-state index is -1.50. The molecule has 7 rings (SSSR count). The maximum Gasteiger partial charge on any atom is 0.243 e. The molecular formula is C25H24F3N7. The molecule has 10 heteroatoms. The van der Waals surface area contributed by atoms with Crippen LogP contribution in [0.2, 0.25) is 0 Å². The zero-order chi connectivity index (χ0) is 23.9. The van der Waals surface area contributed by atoms with Gasteiger partial charge in [0.2, 0.25) is 5.95 Å². The van der Waals surface area contributed by atoms with Crippen molar-refractivity contribution in [3.63, 3.8) is 0 Å². The molecule has 3 aliphatic rings. The first-order chi connectivity index (χ1) is 16.9. The lowest BCUT2D eigenvalue weighted by Gasteiger charge is -2.65. The van der Waals surface area contributed by atoms with Crippen molar-refractivity contribution in [1.29, 1.82) is 0 Å². The number of hydrogen-bond acceptors (Lipinski definition) is 6. The molecule has 35 heavy (non-hydrogen) atoms. The molecule has 4 aromatic rings. The first-order valence-corrected chi connectivity index (χ1v) is 11.7. The van der Waals surface area contributed by atoms with E-state index in [9.17, 15) is 13.2 Å². The average Bonchev–Trinajstić information content (AvgIpc) is 3.43. The molecule has 4 heterocycles. The predicted molar refractivity (Wildman–Crippen MR) is 125 cm³/mol. The molecule has 1 N–H and O–H groups in total. The van der Waals surface area contributed by atoms with Gasteiger partial charge < -0.3 is 10.2 Å². The maximum atomic E-state index is 14.5. The van der Waals surface area contributed by atoms with Gasteiger partial charge in [0.05, 0.1) is 0 Å². The van der Waals surface area contributed by atoms with E-state index in [2.05, 4.69) is 30.3 Å². The third-order valence-electron chi connectivity index (χ3n) is 8.26. The van der Waals surface area contributed by atoms with E-state index in [-0.39, 0.29) is 13.0 Å². The summed E-state index contributed by atoms with van der Waals surface area (Å²) >= 11 is 0. The first kappa shape index (κ1) is 20.7. The lowest BCUT2D eigenvalue weighted by molar-refractivity contribution is -0.117. The summed E-state index contributed by atoms with van der Waals surface area (Å²) in [5.41, 5.74) is 1.93. The van der Waals surface area contributed by atoms with E-state index in [1.54, 1.807) is 24.7 Å². The number of fused-ring (bicyclic) bond motifs is 1. The topological polar surface area (TPSA) is 71.2 Å².